The summed E-state index contributed by atoms with van der Waals surface area (Å²) in [5, 5.41) is 0. The van der Waals surface area contributed by atoms with Crippen molar-refractivity contribution >= 4 is 5.82 Å². The third-order valence-corrected chi connectivity index (χ3v) is 3.08. The molecule has 2 rings (SSSR count). The molecular weight excluding hydrogens is 188 g/mol. The highest BCUT2D eigenvalue weighted by atomic mass is 15.2. The first-order chi connectivity index (χ1) is 7.16. The van der Waals surface area contributed by atoms with Crippen LogP contribution in [0.4, 0.5) is 5.82 Å². The molecular formula is C11H18N4. The smallest absolute Gasteiger partial charge is 0.132 e. The Hall–Kier alpha value is -1.16. The van der Waals surface area contributed by atoms with Crippen molar-refractivity contribution in [3.8, 4) is 0 Å². The van der Waals surface area contributed by atoms with E-state index in [0.717, 1.165) is 24.6 Å². The Kier molecular flexibility index (Phi) is 2.86. The number of nitrogens with zero attached hydrogens (tertiary/aromatic N) is 3. The maximum Gasteiger partial charge on any atom is 0.132 e. The molecule has 1 aromatic heterocycles. The van der Waals surface area contributed by atoms with Crippen LogP contribution in [-0.2, 0) is 0 Å². The van der Waals surface area contributed by atoms with Crippen molar-refractivity contribution in [2.45, 2.75) is 26.3 Å². The molecule has 1 aliphatic rings. The number of aromatic nitrogens is 2. The number of anilines is 1. The van der Waals surface area contributed by atoms with Crippen LogP contribution in [0.15, 0.2) is 12.4 Å². The lowest BCUT2D eigenvalue weighted by Crippen LogP contribution is -2.30. The van der Waals surface area contributed by atoms with Gasteiger partial charge in [-0.1, -0.05) is 0 Å². The van der Waals surface area contributed by atoms with Gasteiger partial charge >= 0.3 is 0 Å². The van der Waals surface area contributed by atoms with Gasteiger partial charge in [0.1, 0.15) is 12.1 Å². The summed E-state index contributed by atoms with van der Waals surface area (Å²) in [6.45, 7) is 6.15. The molecule has 2 unspecified atom stereocenters. The molecule has 0 saturated carbocycles. The molecule has 0 bridgehead atoms. The van der Waals surface area contributed by atoms with E-state index in [2.05, 4.69) is 21.8 Å². The standard InChI is InChI=1S/C11H18N4/c1-8-5-11(14-7-13-8)15-4-3-10(6-15)9(2)12/h5,7,9-10H,3-4,6,12H2,1-2H3. The summed E-state index contributed by atoms with van der Waals surface area (Å²) in [7, 11) is 0. The summed E-state index contributed by atoms with van der Waals surface area (Å²) in [4.78, 5) is 10.7. The summed E-state index contributed by atoms with van der Waals surface area (Å²) >= 11 is 0. The van der Waals surface area contributed by atoms with Gasteiger partial charge in [-0.05, 0) is 26.2 Å². The third kappa shape index (κ3) is 2.26. The van der Waals surface area contributed by atoms with Crippen LogP contribution in [-0.4, -0.2) is 29.1 Å². The van der Waals surface area contributed by atoms with Crippen molar-refractivity contribution in [2.24, 2.45) is 11.7 Å². The Balaban J connectivity index is 2.08. The van der Waals surface area contributed by atoms with E-state index in [1.807, 2.05) is 13.0 Å². The number of hydrogen-bond acceptors (Lipinski definition) is 4. The molecule has 4 nitrogen and oxygen atoms in total. The van der Waals surface area contributed by atoms with Crippen molar-refractivity contribution in [2.75, 3.05) is 18.0 Å². The Bertz CT molecular complexity index is 337. The van der Waals surface area contributed by atoms with Crippen LogP contribution in [0.1, 0.15) is 19.0 Å². The van der Waals surface area contributed by atoms with E-state index < -0.39 is 0 Å². The fourth-order valence-electron chi connectivity index (χ4n) is 2.04. The number of nitrogens with two attached hydrogens (primary N) is 1. The SMILES string of the molecule is Cc1cc(N2CCC(C(C)N)C2)ncn1. The molecule has 0 aliphatic carbocycles. The van der Waals surface area contributed by atoms with E-state index in [-0.39, 0.29) is 6.04 Å². The van der Waals surface area contributed by atoms with Gasteiger partial charge in [0, 0.05) is 30.9 Å². The molecule has 0 radical (unpaired) electrons. The minimum Gasteiger partial charge on any atom is -0.356 e. The monoisotopic (exact) mass is 206 g/mol. The summed E-state index contributed by atoms with van der Waals surface area (Å²) in [5.74, 6) is 1.63. The van der Waals surface area contributed by atoms with Gasteiger partial charge in [-0.2, -0.15) is 0 Å². The second-order valence-corrected chi connectivity index (χ2v) is 4.37. The van der Waals surface area contributed by atoms with E-state index >= 15 is 0 Å². The molecule has 2 atom stereocenters. The van der Waals surface area contributed by atoms with Gasteiger partial charge in [0.15, 0.2) is 0 Å². The van der Waals surface area contributed by atoms with Crippen LogP contribution in [0.25, 0.3) is 0 Å². The van der Waals surface area contributed by atoms with Crippen LogP contribution < -0.4 is 10.6 Å². The molecule has 0 aromatic carbocycles. The summed E-state index contributed by atoms with van der Waals surface area (Å²) in [5.41, 5.74) is 6.93. The van der Waals surface area contributed by atoms with Crippen LogP contribution in [0, 0.1) is 12.8 Å². The fraction of sp³-hybridized carbons (Fsp3) is 0.636. The zero-order valence-electron chi connectivity index (χ0n) is 9.35. The summed E-state index contributed by atoms with van der Waals surface area (Å²) in [6, 6.07) is 2.31. The van der Waals surface area contributed by atoms with Crippen LogP contribution >= 0.6 is 0 Å². The van der Waals surface area contributed by atoms with Crippen molar-refractivity contribution in [3.05, 3.63) is 18.1 Å². The van der Waals surface area contributed by atoms with E-state index in [0.29, 0.717) is 5.92 Å². The van der Waals surface area contributed by atoms with Crippen molar-refractivity contribution in [1.29, 1.82) is 0 Å². The van der Waals surface area contributed by atoms with Gasteiger partial charge in [-0.3, -0.25) is 0 Å². The lowest BCUT2D eigenvalue weighted by atomic mass is 10.0. The lowest BCUT2D eigenvalue weighted by Gasteiger charge is -2.18. The van der Waals surface area contributed by atoms with Crippen molar-refractivity contribution in [1.82, 2.24) is 9.97 Å². The minimum absolute atomic E-state index is 0.276. The number of hydrogen-bond donors (Lipinski definition) is 1. The normalized spacial score (nSPS) is 23.1. The van der Waals surface area contributed by atoms with Gasteiger partial charge in [-0.15, -0.1) is 0 Å². The Morgan fingerprint density at radius 1 is 1.53 bits per heavy atom. The molecule has 4 heteroatoms. The summed E-state index contributed by atoms with van der Waals surface area (Å²) < 4.78 is 0. The van der Waals surface area contributed by atoms with Crippen LogP contribution in [0.2, 0.25) is 0 Å². The summed E-state index contributed by atoms with van der Waals surface area (Å²) in [6.07, 6.45) is 2.80. The van der Waals surface area contributed by atoms with Crippen LogP contribution in [0.3, 0.4) is 0 Å². The Labute approximate surface area is 90.5 Å². The second-order valence-electron chi connectivity index (χ2n) is 4.37. The highest BCUT2D eigenvalue weighted by molar-refractivity contribution is 5.39. The molecule has 1 saturated heterocycles. The lowest BCUT2D eigenvalue weighted by molar-refractivity contribution is 0.488. The second kappa shape index (κ2) is 4.14. The predicted octanol–water partition coefficient (Wildman–Crippen LogP) is 0.959. The quantitative estimate of drug-likeness (QED) is 0.783. The Morgan fingerprint density at radius 2 is 2.33 bits per heavy atom. The predicted molar refractivity (Wildman–Crippen MR) is 60.7 cm³/mol. The molecule has 82 valence electrons. The van der Waals surface area contributed by atoms with E-state index in [9.17, 15) is 0 Å². The first-order valence-electron chi connectivity index (χ1n) is 5.46. The molecule has 1 aliphatic heterocycles. The van der Waals surface area contributed by atoms with Crippen LogP contribution in [0.5, 0.6) is 0 Å². The van der Waals surface area contributed by atoms with Gasteiger partial charge in [0.25, 0.3) is 0 Å². The molecule has 0 spiro atoms. The molecule has 2 N–H and O–H groups in total. The molecule has 15 heavy (non-hydrogen) atoms. The molecule has 1 aromatic rings. The van der Waals surface area contributed by atoms with E-state index in [4.69, 9.17) is 5.73 Å². The maximum atomic E-state index is 5.91. The largest absolute Gasteiger partial charge is 0.356 e. The average Bonchev–Trinajstić information content (AvgIpc) is 2.66. The van der Waals surface area contributed by atoms with Crippen molar-refractivity contribution < 1.29 is 0 Å². The third-order valence-electron chi connectivity index (χ3n) is 3.08. The number of aryl methyl sites for hydroxylation is 1. The minimum atomic E-state index is 0.276. The van der Waals surface area contributed by atoms with Crippen molar-refractivity contribution in [3.63, 3.8) is 0 Å². The highest BCUT2D eigenvalue weighted by Gasteiger charge is 2.25. The zero-order chi connectivity index (χ0) is 10.8. The van der Waals surface area contributed by atoms with E-state index in [1.54, 1.807) is 6.33 Å². The zero-order valence-corrected chi connectivity index (χ0v) is 9.35. The fourth-order valence-corrected chi connectivity index (χ4v) is 2.04. The molecule has 2 heterocycles. The van der Waals surface area contributed by atoms with E-state index in [1.165, 1.54) is 6.42 Å². The van der Waals surface area contributed by atoms with Gasteiger partial charge in [0.2, 0.25) is 0 Å². The average molecular weight is 206 g/mol. The molecule has 0 amide bonds. The number of rotatable bonds is 2. The first-order valence-corrected chi connectivity index (χ1v) is 5.46. The van der Waals surface area contributed by atoms with Gasteiger partial charge in [-0.25, -0.2) is 9.97 Å². The first kappa shape index (κ1) is 10.4. The molecule has 1 fully saturated rings. The Morgan fingerprint density at radius 3 is 2.93 bits per heavy atom. The topological polar surface area (TPSA) is 55.0 Å². The highest BCUT2D eigenvalue weighted by Crippen LogP contribution is 2.23. The van der Waals surface area contributed by atoms with Gasteiger partial charge < -0.3 is 10.6 Å². The maximum absolute atomic E-state index is 5.91. The van der Waals surface area contributed by atoms with Gasteiger partial charge in [0.05, 0.1) is 0 Å².